The number of nitrogens with zero attached hydrogens (tertiary/aromatic N) is 8. The van der Waals surface area contributed by atoms with Crippen molar-refractivity contribution >= 4 is 11.6 Å². The van der Waals surface area contributed by atoms with Crippen LogP contribution in [-0.2, 0) is 0 Å². The predicted molar refractivity (Wildman–Crippen MR) is 172 cm³/mol. The van der Waals surface area contributed by atoms with Crippen LogP contribution in [0, 0.1) is 17.8 Å². The quantitative estimate of drug-likeness (QED) is 0.113. The van der Waals surface area contributed by atoms with Gasteiger partial charge >= 0.3 is 66.3 Å². The second-order valence-electron chi connectivity index (χ2n) is 14.9. The van der Waals surface area contributed by atoms with E-state index in [1.807, 2.05) is 0 Å². The molecule has 0 aromatic carbocycles. The van der Waals surface area contributed by atoms with Crippen LogP contribution < -0.4 is 28.6 Å². The normalized spacial score (nSPS) is 21.9. The molecule has 4 aliphatic rings. The Kier molecular flexibility index (Phi) is 12.5. The molecule has 0 spiro atoms. The Balaban J connectivity index is 1.21. The summed E-state index contributed by atoms with van der Waals surface area (Å²) in [5.74, 6) is -27.1. The molecule has 0 radical (unpaired) electrons. The molecule has 4 aliphatic carbocycles. The summed E-state index contributed by atoms with van der Waals surface area (Å²) in [5.41, 5.74) is -1.24. The summed E-state index contributed by atoms with van der Waals surface area (Å²) in [5, 5.41) is 0. The molecule has 3 heterocycles. The molecule has 7 rings (SSSR count). The molecule has 4 saturated carbocycles. The molecule has 3 aromatic rings. The molecule has 13 nitrogen and oxygen atoms in total. The standard InChI is InChI=1S/C33H29F17N8O5/c34-27(35,32(47,48)33(49,50)28(36,37)12-61-23-53-9-20(10-54-23)59-13-29(38,39)40)11-60-22-51-7-19(8-52-22)58(26-4-16-1-17(5-26)3-18(2-16)6-26)21-55-24(62-14-30(41,42)43)57-25(56-21)63-15-31(44,45)46/h7-10,16-18H,1-6,11-15H2. The van der Waals surface area contributed by atoms with E-state index in [1.54, 1.807) is 0 Å². The Morgan fingerprint density at radius 2 is 0.810 bits per heavy atom. The summed E-state index contributed by atoms with van der Waals surface area (Å²) in [7, 11) is 0. The second-order valence-corrected chi connectivity index (χ2v) is 14.9. The first-order valence-corrected chi connectivity index (χ1v) is 18.0. The molecular formula is C33H29F17N8O5. The van der Waals surface area contributed by atoms with Crippen LogP contribution in [-0.4, -0.2) is 116 Å². The minimum absolute atomic E-state index is 0.0848. The average molecular weight is 941 g/mol. The van der Waals surface area contributed by atoms with Crippen LogP contribution in [0.2, 0.25) is 0 Å². The average Bonchev–Trinajstić information content (AvgIpc) is 3.16. The number of hydrogen-bond acceptors (Lipinski definition) is 13. The molecule has 0 unspecified atom stereocenters. The van der Waals surface area contributed by atoms with Crippen LogP contribution in [0.3, 0.4) is 0 Å². The molecule has 0 aliphatic heterocycles. The maximum absolute atomic E-state index is 14.8. The highest BCUT2D eigenvalue weighted by molar-refractivity contribution is 5.59. The smallest absolute Gasteiger partial charge is 0.422 e. The number of halogens is 17. The lowest BCUT2D eigenvalue weighted by Gasteiger charge is -2.60. The van der Waals surface area contributed by atoms with Crippen LogP contribution in [0.1, 0.15) is 38.5 Å². The Morgan fingerprint density at radius 1 is 0.460 bits per heavy atom. The number of anilines is 2. The van der Waals surface area contributed by atoms with E-state index in [2.05, 4.69) is 58.6 Å². The van der Waals surface area contributed by atoms with Crippen molar-refractivity contribution in [3.8, 4) is 29.8 Å². The van der Waals surface area contributed by atoms with E-state index in [4.69, 9.17) is 0 Å². The van der Waals surface area contributed by atoms with Crippen molar-refractivity contribution in [1.29, 1.82) is 0 Å². The lowest BCUT2D eigenvalue weighted by molar-refractivity contribution is -0.372. The monoisotopic (exact) mass is 940 g/mol. The third kappa shape index (κ3) is 10.9. The maximum atomic E-state index is 14.8. The third-order valence-electron chi connectivity index (χ3n) is 9.95. The fourth-order valence-electron chi connectivity index (χ4n) is 7.86. The van der Waals surface area contributed by atoms with Crippen molar-refractivity contribution in [2.24, 2.45) is 17.8 Å². The summed E-state index contributed by atoms with van der Waals surface area (Å²) in [4.78, 5) is 25.8. The first-order chi connectivity index (χ1) is 29.0. The first-order valence-electron chi connectivity index (χ1n) is 18.0. The second kappa shape index (κ2) is 16.7. The Labute approximate surface area is 341 Å². The van der Waals surface area contributed by atoms with Crippen molar-refractivity contribution in [3.05, 3.63) is 24.8 Å². The van der Waals surface area contributed by atoms with Crippen LogP contribution in [0.15, 0.2) is 24.8 Å². The highest BCUT2D eigenvalue weighted by atomic mass is 19.4. The van der Waals surface area contributed by atoms with Gasteiger partial charge in [0.05, 0.1) is 30.5 Å². The Morgan fingerprint density at radius 3 is 1.19 bits per heavy atom. The minimum atomic E-state index is -6.91. The van der Waals surface area contributed by atoms with Gasteiger partial charge in [-0.2, -0.15) is 94.6 Å². The van der Waals surface area contributed by atoms with Gasteiger partial charge in [-0.15, -0.1) is 4.98 Å². The molecule has 4 bridgehead atoms. The van der Waals surface area contributed by atoms with Crippen molar-refractivity contribution in [1.82, 2.24) is 34.9 Å². The SMILES string of the molecule is FC(F)(F)COc1cnc(OCC(F)(F)C(F)(F)C(F)(F)C(F)(F)COc2ncc(N(c3nc(OCC(F)(F)F)nc(OCC(F)(F)F)n3)C34CC5CC(CC(C5)C3)C4)cn2)nc1. The topological polar surface area (TPSA) is 140 Å². The highest BCUT2D eigenvalue weighted by Crippen LogP contribution is 2.60. The van der Waals surface area contributed by atoms with Crippen molar-refractivity contribution < 1.29 is 98.3 Å². The van der Waals surface area contributed by atoms with Crippen LogP contribution in [0.4, 0.5) is 86.3 Å². The van der Waals surface area contributed by atoms with Crippen LogP contribution >= 0.6 is 0 Å². The maximum Gasteiger partial charge on any atom is 0.422 e. The summed E-state index contributed by atoms with van der Waals surface area (Å²) in [6.45, 7) is -11.3. The van der Waals surface area contributed by atoms with Gasteiger partial charge in [-0.05, 0) is 56.3 Å². The molecule has 0 amide bonds. The van der Waals surface area contributed by atoms with E-state index in [9.17, 15) is 74.6 Å². The largest absolute Gasteiger partial charge is 0.481 e. The molecule has 4 fully saturated rings. The molecule has 0 saturated heterocycles. The fourth-order valence-corrected chi connectivity index (χ4v) is 7.86. The lowest BCUT2D eigenvalue weighted by atomic mass is 9.52. The van der Waals surface area contributed by atoms with Crippen molar-refractivity contribution in [3.63, 3.8) is 0 Å². The zero-order chi connectivity index (χ0) is 46.4. The third-order valence-corrected chi connectivity index (χ3v) is 9.95. The minimum Gasteiger partial charge on any atom is -0.481 e. The van der Waals surface area contributed by atoms with Gasteiger partial charge in [0.25, 0.3) is 0 Å². The van der Waals surface area contributed by atoms with Gasteiger partial charge in [0.15, 0.2) is 38.8 Å². The van der Waals surface area contributed by atoms with Gasteiger partial charge < -0.3 is 28.6 Å². The first kappa shape index (κ1) is 47.3. The molecule has 30 heteroatoms. The van der Waals surface area contributed by atoms with E-state index in [0.717, 1.165) is 31.7 Å². The number of alkyl halides is 17. The van der Waals surface area contributed by atoms with E-state index >= 15 is 0 Å². The zero-order valence-corrected chi connectivity index (χ0v) is 31.4. The van der Waals surface area contributed by atoms with E-state index in [0.29, 0.717) is 31.7 Å². The van der Waals surface area contributed by atoms with Crippen molar-refractivity contribution in [2.45, 2.75) is 86.3 Å². The summed E-state index contributed by atoms with van der Waals surface area (Å²) < 4.78 is 254. The van der Waals surface area contributed by atoms with E-state index in [-0.39, 0.29) is 23.4 Å². The Hall–Kier alpha value is -5.22. The number of rotatable bonds is 18. The summed E-state index contributed by atoms with van der Waals surface area (Å²) >= 11 is 0. The summed E-state index contributed by atoms with van der Waals surface area (Å²) in [6.07, 6.45) is -8.93. The van der Waals surface area contributed by atoms with Gasteiger partial charge in [0, 0.05) is 5.54 Å². The van der Waals surface area contributed by atoms with Crippen molar-refractivity contribution in [2.75, 3.05) is 37.9 Å². The van der Waals surface area contributed by atoms with Gasteiger partial charge in [-0.1, -0.05) is 0 Å². The molecule has 0 N–H and O–H groups in total. The molecule has 3 aromatic heterocycles. The highest BCUT2D eigenvalue weighted by Gasteiger charge is 2.81. The van der Waals surface area contributed by atoms with E-state index < -0.39 is 117 Å². The Bertz CT molecular complexity index is 1970. The summed E-state index contributed by atoms with van der Waals surface area (Å²) in [6, 6.07) is -4.74. The molecule has 63 heavy (non-hydrogen) atoms. The molecule has 0 atom stereocenters. The lowest BCUT2D eigenvalue weighted by Crippen LogP contribution is -2.65. The van der Waals surface area contributed by atoms with Gasteiger partial charge in [-0.3, -0.25) is 0 Å². The number of aromatic nitrogens is 7. The predicted octanol–water partition coefficient (Wildman–Crippen LogP) is 8.38. The van der Waals surface area contributed by atoms with Crippen LogP contribution in [0.25, 0.3) is 0 Å². The molecule has 350 valence electrons. The van der Waals surface area contributed by atoms with Gasteiger partial charge in [0.1, 0.15) is 0 Å². The van der Waals surface area contributed by atoms with Gasteiger partial charge in [0.2, 0.25) is 5.95 Å². The number of hydrogen-bond donors (Lipinski definition) is 0. The number of ether oxygens (including phenoxy) is 5. The molecular weight excluding hydrogens is 911 g/mol. The van der Waals surface area contributed by atoms with Gasteiger partial charge in [-0.25, -0.2) is 9.97 Å². The zero-order valence-electron chi connectivity index (χ0n) is 31.4. The van der Waals surface area contributed by atoms with E-state index in [1.165, 1.54) is 4.90 Å². The fraction of sp³-hybridized carbons (Fsp3) is 0.667. The van der Waals surface area contributed by atoms with Crippen LogP contribution in [0.5, 0.6) is 29.8 Å².